The van der Waals surface area contributed by atoms with E-state index >= 15 is 0 Å². The summed E-state index contributed by atoms with van der Waals surface area (Å²) in [4.78, 5) is 12.6. The quantitative estimate of drug-likeness (QED) is 0.804. The summed E-state index contributed by atoms with van der Waals surface area (Å²) >= 11 is 0. The fraction of sp³-hybridized carbons (Fsp3) is 0.471. The van der Waals surface area contributed by atoms with Crippen molar-refractivity contribution >= 4 is 24.0 Å². The number of nitrogens with zero attached hydrogens (tertiary/aromatic N) is 3. The van der Waals surface area contributed by atoms with E-state index in [1.165, 1.54) is 6.07 Å². The average molecular weight is 402 g/mol. The Morgan fingerprint density at radius 1 is 1.33 bits per heavy atom. The van der Waals surface area contributed by atoms with Gasteiger partial charge in [0.15, 0.2) is 5.69 Å². The van der Waals surface area contributed by atoms with Crippen LogP contribution in [0, 0.1) is 13.8 Å². The normalized spacial score (nSPS) is 14.7. The predicted octanol–water partition coefficient (Wildman–Crippen LogP) is 3.09. The van der Waals surface area contributed by atoms with E-state index in [9.17, 15) is 13.6 Å². The van der Waals surface area contributed by atoms with Crippen molar-refractivity contribution in [1.29, 1.82) is 0 Å². The number of halogens is 3. The summed E-state index contributed by atoms with van der Waals surface area (Å²) < 4.78 is 31.5. The largest absolute Gasteiger partial charge is 0.433 e. The lowest BCUT2D eigenvalue weighted by molar-refractivity contribution is -0.0493. The third-order valence-corrected chi connectivity index (χ3v) is 4.49. The molecule has 2 N–H and O–H groups in total. The van der Waals surface area contributed by atoms with Gasteiger partial charge >= 0.3 is 6.61 Å². The molecule has 27 heavy (non-hydrogen) atoms. The molecule has 1 aliphatic heterocycles. The van der Waals surface area contributed by atoms with Crippen LogP contribution in [0.15, 0.2) is 18.2 Å². The molecule has 10 heteroatoms. The Bertz CT molecular complexity index is 794. The van der Waals surface area contributed by atoms with Crippen molar-refractivity contribution in [3.05, 3.63) is 35.2 Å². The Kier molecular flexibility index (Phi) is 7.09. The number of anilines is 1. The van der Waals surface area contributed by atoms with Crippen molar-refractivity contribution in [2.75, 3.05) is 18.4 Å². The van der Waals surface area contributed by atoms with Crippen LogP contribution in [0.25, 0.3) is 0 Å². The Hall–Kier alpha value is -2.26. The SMILES string of the molecule is Cc1cccc(OC(F)F)c1NC(=O)c1nnn(C2CCNCC2)c1C.Cl. The van der Waals surface area contributed by atoms with Gasteiger partial charge in [-0.1, -0.05) is 17.3 Å². The van der Waals surface area contributed by atoms with Gasteiger partial charge in [0.05, 0.1) is 17.4 Å². The molecule has 1 aromatic heterocycles. The monoisotopic (exact) mass is 401 g/mol. The first-order valence-electron chi connectivity index (χ1n) is 8.45. The summed E-state index contributed by atoms with van der Waals surface area (Å²) in [6.45, 7) is 2.29. The summed E-state index contributed by atoms with van der Waals surface area (Å²) in [6, 6.07) is 4.86. The number of aryl methyl sites for hydroxylation is 1. The molecule has 1 aliphatic rings. The molecule has 7 nitrogen and oxygen atoms in total. The number of hydrogen-bond donors (Lipinski definition) is 2. The zero-order valence-corrected chi connectivity index (χ0v) is 15.9. The number of benzene rings is 1. The van der Waals surface area contributed by atoms with E-state index in [4.69, 9.17) is 0 Å². The van der Waals surface area contributed by atoms with Crippen molar-refractivity contribution in [3.63, 3.8) is 0 Å². The highest BCUT2D eigenvalue weighted by Gasteiger charge is 2.24. The van der Waals surface area contributed by atoms with E-state index < -0.39 is 12.5 Å². The number of carbonyl (C=O) groups is 1. The van der Waals surface area contributed by atoms with Crippen molar-refractivity contribution in [1.82, 2.24) is 20.3 Å². The summed E-state index contributed by atoms with van der Waals surface area (Å²) in [5.41, 5.74) is 1.64. The lowest BCUT2D eigenvalue weighted by atomic mass is 10.1. The molecule has 148 valence electrons. The summed E-state index contributed by atoms with van der Waals surface area (Å²) in [5, 5.41) is 14.0. The zero-order chi connectivity index (χ0) is 18.7. The first kappa shape index (κ1) is 21.0. The van der Waals surface area contributed by atoms with Crippen molar-refractivity contribution in [2.45, 2.75) is 39.3 Å². The minimum absolute atomic E-state index is 0. The predicted molar refractivity (Wildman–Crippen MR) is 98.9 cm³/mol. The van der Waals surface area contributed by atoms with Crippen molar-refractivity contribution < 1.29 is 18.3 Å². The van der Waals surface area contributed by atoms with Gasteiger partial charge in [-0.2, -0.15) is 8.78 Å². The fourth-order valence-electron chi connectivity index (χ4n) is 3.12. The van der Waals surface area contributed by atoms with Gasteiger partial charge in [0.1, 0.15) is 5.75 Å². The van der Waals surface area contributed by atoms with Gasteiger partial charge in [0.2, 0.25) is 0 Å². The number of aromatic nitrogens is 3. The van der Waals surface area contributed by atoms with E-state index in [0.29, 0.717) is 11.3 Å². The standard InChI is InChI=1S/C17H21F2N5O2.ClH/c1-10-4-3-5-13(26-17(18)19)14(10)21-16(25)15-11(2)24(23-22-15)12-6-8-20-9-7-12;/h3-5,12,17,20H,6-9H2,1-2H3,(H,21,25);1H. The maximum Gasteiger partial charge on any atom is 0.387 e. The molecular formula is C17H22ClF2N5O2. The number of para-hydroxylation sites is 1. The lowest BCUT2D eigenvalue weighted by Crippen LogP contribution is -2.30. The molecule has 1 fully saturated rings. The number of piperidine rings is 1. The van der Waals surface area contributed by atoms with Crippen LogP contribution < -0.4 is 15.4 Å². The van der Waals surface area contributed by atoms with Gasteiger partial charge in [-0.15, -0.1) is 17.5 Å². The smallest absolute Gasteiger partial charge is 0.387 e. The zero-order valence-electron chi connectivity index (χ0n) is 15.0. The maximum atomic E-state index is 12.6. The summed E-state index contributed by atoms with van der Waals surface area (Å²) in [7, 11) is 0. The first-order valence-corrected chi connectivity index (χ1v) is 8.45. The lowest BCUT2D eigenvalue weighted by Gasteiger charge is -2.23. The number of rotatable bonds is 5. The molecule has 2 heterocycles. The minimum Gasteiger partial charge on any atom is -0.433 e. The second-order valence-corrected chi connectivity index (χ2v) is 6.23. The molecule has 1 amide bonds. The Balaban J connectivity index is 0.00000261. The molecule has 0 saturated carbocycles. The molecule has 2 aromatic rings. The number of ether oxygens (including phenoxy) is 1. The van der Waals surface area contributed by atoms with Crippen LogP contribution in [0.2, 0.25) is 0 Å². The number of hydrogen-bond acceptors (Lipinski definition) is 5. The van der Waals surface area contributed by atoms with Crippen molar-refractivity contribution in [2.24, 2.45) is 0 Å². The first-order chi connectivity index (χ1) is 12.5. The highest BCUT2D eigenvalue weighted by atomic mass is 35.5. The Morgan fingerprint density at radius 3 is 2.70 bits per heavy atom. The van der Waals surface area contributed by atoms with Crippen LogP contribution in [-0.2, 0) is 0 Å². The van der Waals surface area contributed by atoms with Gasteiger partial charge in [0.25, 0.3) is 5.91 Å². The molecule has 1 aromatic carbocycles. The third-order valence-electron chi connectivity index (χ3n) is 4.49. The van der Waals surface area contributed by atoms with E-state index in [-0.39, 0.29) is 35.6 Å². The summed E-state index contributed by atoms with van der Waals surface area (Å²) in [6.07, 6.45) is 1.82. The molecular weight excluding hydrogens is 380 g/mol. The van der Waals surface area contributed by atoms with Gasteiger partial charge in [-0.3, -0.25) is 4.79 Å². The molecule has 0 spiro atoms. The van der Waals surface area contributed by atoms with Crippen LogP contribution in [0.3, 0.4) is 0 Å². The van der Waals surface area contributed by atoms with E-state index in [0.717, 1.165) is 25.9 Å². The van der Waals surface area contributed by atoms with Crippen LogP contribution in [0.5, 0.6) is 5.75 Å². The number of carbonyl (C=O) groups excluding carboxylic acids is 1. The van der Waals surface area contributed by atoms with Crippen LogP contribution in [0.1, 0.15) is 40.6 Å². The van der Waals surface area contributed by atoms with Crippen LogP contribution in [0.4, 0.5) is 14.5 Å². The minimum atomic E-state index is -2.98. The van der Waals surface area contributed by atoms with E-state index in [1.54, 1.807) is 30.7 Å². The molecule has 0 atom stereocenters. The van der Waals surface area contributed by atoms with Crippen molar-refractivity contribution in [3.8, 4) is 5.75 Å². The Morgan fingerprint density at radius 2 is 2.04 bits per heavy atom. The highest BCUT2D eigenvalue weighted by molar-refractivity contribution is 6.04. The summed E-state index contributed by atoms with van der Waals surface area (Å²) in [5.74, 6) is -0.590. The van der Waals surface area contributed by atoms with Crippen LogP contribution in [-0.4, -0.2) is 40.6 Å². The molecule has 0 radical (unpaired) electrons. The van der Waals surface area contributed by atoms with E-state index in [2.05, 4.69) is 25.7 Å². The van der Waals surface area contributed by atoms with Crippen LogP contribution >= 0.6 is 12.4 Å². The number of amides is 1. The molecule has 0 unspecified atom stereocenters. The fourth-order valence-corrected chi connectivity index (χ4v) is 3.12. The van der Waals surface area contributed by atoms with Gasteiger partial charge in [-0.05, 0) is 51.4 Å². The molecule has 0 bridgehead atoms. The third kappa shape index (κ3) is 4.72. The average Bonchev–Trinajstić information content (AvgIpc) is 3.00. The highest BCUT2D eigenvalue weighted by Crippen LogP contribution is 2.30. The Labute approximate surface area is 161 Å². The van der Waals surface area contributed by atoms with E-state index in [1.807, 2.05) is 0 Å². The molecule has 1 saturated heterocycles. The topological polar surface area (TPSA) is 81.1 Å². The second-order valence-electron chi connectivity index (χ2n) is 6.23. The number of alkyl halides is 2. The maximum absolute atomic E-state index is 12.6. The van der Waals surface area contributed by atoms with Gasteiger partial charge < -0.3 is 15.4 Å². The van der Waals surface area contributed by atoms with Gasteiger partial charge in [0, 0.05) is 0 Å². The number of nitrogens with one attached hydrogen (secondary N) is 2. The molecule has 0 aliphatic carbocycles. The second kappa shape index (κ2) is 9.09. The molecule has 3 rings (SSSR count). The van der Waals surface area contributed by atoms with Gasteiger partial charge in [-0.25, -0.2) is 4.68 Å².